The van der Waals surface area contributed by atoms with Crippen LogP contribution in [-0.4, -0.2) is 42.7 Å². The number of hydrogen-bond donors (Lipinski definition) is 4. The molecule has 0 bridgehead atoms. The van der Waals surface area contributed by atoms with Crippen molar-refractivity contribution in [3.8, 4) is 0 Å². The SMILES string of the molecule is C[C@@H]1OC[C@H](CC=CCCCC(=O)O)[C@H](CNNC(N)=O)O1. The van der Waals surface area contributed by atoms with Crippen molar-refractivity contribution < 1.29 is 24.2 Å². The average molecular weight is 315 g/mol. The lowest BCUT2D eigenvalue weighted by Crippen LogP contribution is -2.50. The molecular weight excluding hydrogens is 290 g/mol. The highest BCUT2D eigenvalue weighted by Gasteiger charge is 2.29. The van der Waals surface area contributed by atoms with E-state index in [1.165, 1.54) is 0 Å². The maximum absolute atomic E-state index is 10.6. The number of carboxylic acid groups (broad SMARTS) is 1. The van der Waals surface area contributed by atoms with Gasteiger partial charge in [-0.2, -0.15) is 0 Å². The summed E-state index contributed by atoms with van der Waals surface area (Å²) in [5, 5.41) is 8.55. The maximum Gasteiger partial charge on any atom is 0.326 e. The molecule has 8 heteroatoms. The molecule has 0 radical (unpaired) electrons. The van der Waals surface area contributed by atoms with E-state index in [0.717, 1.165) is 12.8 Å². The molecule has 22 heavy (non-hydrogen) atoms. The van der Waals surface area contributed by atoms with Crippen LogP contribution in [0.4, 0.5) is 4.79 Å². The lowest BCUT2D eigenvalue weighted by atomic mass is 9.97. The standard InChI is InChI=1S/C14H25N3O5/c1-10-21-9-11(6-4-2-3-5-7-13(18)19)12(22-10)8-16-17-14(15)20/h2,4,10-12,16H,3,5-9H2,1H3,(H,18,19)(H3,15,17,20)/t10-,11+,12+/m1/s1. The number of allylic oxidation sites excluding steroid dienone is 2. The molecule has 0 spiro atoms. The molecule has 0 aromatic heterocycles. The zero-order valence-electron chi connectivity index (χ0n) is 12.8. The molecule has 126 valence electrons. The molecule has 1 fully saturated rings. The minimum absolute atomic E-state index is 0.0979. The predicted molar refractivity (Wildman–Crippen MR) is 79.7 cm³/mol. The molecule has 1 heterocycles. The van der Waals surface area contributed by atoms with Crippen LogP contribution >= 0.6 is 0 Å². The van der Waals surface area contributed by atoms with E-state index in [9.17, 15) is 9.59 Å². The Balaban J connectivity index is 2.32. The van der Waals surface area contributed by atoms with Crippen molar-refractivity contribution in [3.63, 3.8) is 0 Å². The van der Waals surface area contributed by atoms with E-state index in [2.05, 4.69) is 10.9 Å². The molecule has 0 unspecified atom stereocenters. The normalized spacial score (nSPS) is 25.2. The molecule has 0 aliphatic carbocycles. The Labute approximate surface area is 130 Å². The monoisotopic (exact) mass is 315 g/mol. The van der Waals surface area contributed by atoms with E-state index in [1.54, 1.807) is 0 Å². The van der Waals surface area contributed by atoms with E-state index in [0.29, 0.717) is 19.6 Å². The van der Waals surface area contributed by atoms with Crippen LogP contribution in [0.15, 0.2) is 12.2 Å². The number of unbranched alkanes of at least 4 members (excludes halogenated alkanes) is 1. The summed E-state index contributed by atoms with van der Waals surface area (Å²) in [5.41, 5.74) is 10.0. The summed E-state index contributed by atoms with van der Waals surface area (Å²) in [5.74, 6) is -0.612. The van der Waals surface area contributed by atoms with E-state index in [-0.39, 0.29) is 24.7 Å². The van der Waals surface area contributed by atoms with Gasteiger partial charge in [0.2, 0.25) is 0 Å². The Kier molecular flexibility index (Phi) is 8.49. The first-order chi connectivity index (χ1) is 10.5. The minimum atomic E-state index is -0.774. The van der Waals surface area contributed by atoms with Crippen molar-refractivity contribution in [1.82, 2.24) is 10.9 Å². The van der Waals surface area contributed by atoms with Gasteiger partial charge in [-0.3, -0.25) is 10.2 Å². The number of urea groups is 1. The van der Waals surface area contributed by atoms with Crippen LogP contribution in [0.25, 0.3) is 0 Å². The highest BCUT2D eigenvalue weighted by atomic mass is 16.7. The number of amides is 2. The van der Waals surface area contributed by atoms with Crippen LogP contribution in [0, 0.1) is 5.92 Å². The van der Waals surface area contributed by atoms with Crippen molar-refractivity contribution in [2.24, 2.45) is 11.7 Å². The van der Waals surface area contributed by atoms with Gasteiger partial charge in [0, 0.05) is 18.9 Å². The average Bonchev–Trinajstić information content (AvgIpc) is 2.43. The largest absolute Gasteiger partial charge is 0.481 e. The van der Waals surface area contributed by atoms with Crippen LogP contribution in [0.3, 0.4) is 0 Å². The van der Waals surface area contributed by atoms with Crippen LogP contribution in [0.1, 0.15) is 32.6 Å². The molecule has 2 amide bonds. The molecule has 1 saturated heterocycles. The van der Waals surface area contributed by atoms with Crippen LogP contribution in [-0.2, 0) is 14.3 Å². The number of nitrogens with two attached hydrogens (primary N) is 1. The summed E-state index contributed by atoms with van der Waals surface area (Å²) < 4.78 is 11.2. The Morgan fingerprint density at radius 2 is 2.18 bits per heavy atom. The van der Waals surface area contributed by atoms with Crippen molar-refractivity contribution in [2.75, 3.05) is 13.2 Å². The third-order valence-electron chi connectivity index (χ3n) is 3.32. The molecule has 3 atom stereocenters. The van der Waals surface area contributed by atoms with Crippen LogP contribution in [0.2, 0.25) is 0 Å². The number of carbonyl (C=O) groups excluding carboxylic acids is 1. The summed E-state index contributed by atoms with van der Waals surface area (Å²) >= 11 is 0. The lowest BCUT2D eigenvalue weighted by Gasteiger charge is -2.35. The quantitative estimate of drug-likeness (QED) is 0.283. The van der Waals surface area contributed by atoms with Gasteiger partial charge in [-0.1, -0.05) is 12.2 Å². The van der Waals surface area contributed by atoms with Gasteiger partial charge < -0.3 is 20.3 Å². The highest BCUT2D eigenvalue weighted by Crippen LogP contribution is 2.21. The first kappa shape index (κ1) is 18.4. The highest BCUT2D eigenvalue weighted by molar-refractivity contribution is 5.70. The summed E-state index contributed by atoms with van der Waals surface area (Å²) in [6.07, 6.45) is 5.94. The number of aliphatic carboxylic acids is 1. The summed E-state index contributed by atoms with van der Waals surface area (Å²) in [7, 11) is 0. The Morgan fingerprint density at radius 1 is 1.41 bits per heavy atom. The second kappa shape index (κ2) is 10.1. The van der Waals surface area contributed by atoms with Gasteiger partial charge in [0.05, 0.1) is 12.7 Å². The zero-order valence-corrected chi connectivity index (χ0v) is 12.8. The van der Waals surface area contributed by atoms with E-state index >= 15 is 0 Å². The number of hydrogen-bond acceptors (Lipinski definition) is 5. The van der Waals surface area contributed by atoms with Gasteiger partial charge in [-0.25, -0.2) is 10.2 Å². The zero-order chi connectivity index (χ0) is 16.4. The fourth-order valence-corrected chi connectivity index (χ4v) is 2.20. The van der Waals surface area contributed by atoms with Crippen molar-refractivity contribution in [1.29, 1.82) is 0 Å². The van der Waals surface area contributed by atoms with E-state index in [4.69, 9.17) is 20.3 Å². The number of ether oxygens (including phenoxy) is 2. The number of nitrogens with one attached hydrogen (secondary N) is 2. The molecule has 1 aliphatic rings. The number of rotatable bonds is 9. The third kappa shape index (κ3) is 7.96. The molecule has 1 rings (SSSR count). The Bertz CT molecular complexity index is 389. The Hall–Kier alpha value is -1.64. The van der Waals surface area contributed by atoms with E-state index < -0.39 is 12.0 Å². The van der Waals surface area contributed by atoms with Crippen LogP contribution < -0.4 is 16.6 Å². The first-order valence-corrected chi connectivity index (χ1v) is 7.41. The molecule has 8 nitrogen and oxygen atoms in total. The lowest BCUT2D eigenvalue weighted by molar-refractivity contribution is -0.225. The molecule has 0 aromatic rings. The maximum atomic E-state index is 10.6. The van der Waals surface area contributed by atoms with Gasteiger partial charge in [0.25, 0.3) is 0 Å². The summed E-state index contributed by atoms with van der Waals surface area (Å²) in [4.78, 5) is 21.0. The van der Waals surface area contributed by atoms with Gasteiger partial charge in [0.15, 0.2) is 6.29 Å². The summed E-state index contributed by atoms with van der Waals surface area (Å²) in [6.45, 7) is 2.84. The topological polar surface area (TPSA) is 123 Å². The van der Waals surface area contributed by atoms with Crippen LogP contribution in [0.5, 0.6) is 0 Å². The molecule has 5 N–H and O–H groups in total. The fourth-order valence-electron chi connectivity index (χ4n) is 2.20. The fraction of sp³-hybridized carbons (Fsp3) is 0.714. The summed E-state index contributed by atoms with van der Waals surface area (Å²) in [6, 6.07) is -0.644. The third-order valence-corrected chi connectivity index (χ3v) is 3.32. The van der Waals surface area contributed by atoms with Crippen molar-refractivity contribution in [3.05, 3.63) is 12.2 Å². The van der Waals surface area contributed by atoms with E-state index in [1.807, 2.05) is 19.1 Å². The molecule has 0 saturated carbocycles. The van der Waals surface area contributed by atoms with Gasteiger partial charge >= 0.3 is 12.0 Å². The Morgan fingerprint density at radius 3 is 2.86 bits per heavy atom. The second-order valence-corrected chi connectivity index (χ2v) is 5.20. The van der Waals surface area contributed by atoms with Crippen molar-refractivity contribution in [2.45, 2.75) is 45.0 Å². The number of carbonyl (C=O) groups is 2. The number of primary amides is 1. The minimum Gasteiger partial charge on any atom is -0.481 e. The van der Waals surface area contributed by atoms with Gasteiger partial charge in [0.1, 0.15) is 0 Å². The smallest absolute Gasteiger partial charge is 0.326 e. The molecule has 1 aliphatic heterocycles. The number of carboxylic acids is 1. The second-order valence-electron chi connectivity index (χ2n) is 5.20. The number of hydrazine groups is 1. The molecule has 0 aromatic carbocycles. The van der Waals surface area contributed by atoms with Gasteiger partial charge in [-0.15, -0.1) is 0 Å². The van der Waals surface area contributed by atoms with Crippen molar-refractivity contribution >= 4 is 12.0 Å². The first-order valence-electron chi connectivity index (χ1n) is 7.41. The predicted octanol–water partition coefficient (Wildman–Crippen LogP) is 0.738. The molecular formula is C14H25N3O5. The van der Waals surface area contributed by atoms with Gasteiger partial charge in [-0.05, 0) is 26.2 Å².